The fourth-order valence-electron chi connectivity index (χ4n) is 3.19. The van der Waals surface area contributed by atoms with E-state index in [-0.39, 0.29) is 0 Å². The largest absolute Gasteiger partial charge is 0.303 e. The molecule has 1 fully saturated rings. The van der Waals surface area contributed by atoms with Crippen molar-refractivity contribution >= 4 is 0 Å². The lowest BCUT2D eigenvalue weighted by Gasteiger charge is -2.29. The van der Waals surface area contributed by atoms with Gasteiger partial charge < -0.3 is 4.90 Å². The highest BCUT2D eigenvalue weighted by atomic mass is 15.1. The van der Waals surface area contributed by atoms with Crippen LogP contribution in [0.5, 0.6) is 0 Å². The molecule has 1 unspecified atom stereocenters. The maximum Gasteiger partial charge on any atom is 0.000691 e. The molecule has 0 aromatic heterocycles. The number of aryl methyl sites for hydroxylation is 4. The molecule has 0 bridgehead atoms. The molecule has 0 N–H and O–H groups in total. The van der Waals surface area contributed by atoms with Crippen molar-refractivity contribution in [2.75, 3.05) is 19.6 Å². The van der Waals surface area contributed by atoms with E-state index in [4.69, 9.17) is 0 Å². The highest BCUT2D eigenvalue weighted by Gasteiger charge is 2.13. The minimum Gasteiger partial charge on any atom is -0.303 e. The van der Waals surface area contributed by atoms with Crippen LogP contribution in [-0.2, 0) is 0 Å². The van der Waals surface area contributed by atoms with Crippen LogP contribution in [0.1, 0.15) is 62.8 Å². The predicted octanol–water partition coefficient (Wildman–Crippen LogP) is 7.37. The third-order valence-electron chi connectivity index (χ3n) is 4.54. The minimum absolute atomic E-state index is 0.943. The molecule has 1 atom stereocenters. The van der Waals surface area contributed by atoms with E-state index in [1.54, 1.807) is 0 Å². The SMILES string of the molecule is CC.CCN1CCCC(C)C1.Cc1cccc(C)c1.Cc1cccc(C)c1. The van der Waals surface area contributed by atoms with Crippen LogP contribution in [0.3, 0.4) is 0 Å². The van der Waals surface area contributed by atoms with Gasteiger partial charge in [-0.15, -0.1) is 0 Å². The van der Waals surface area contributed by atoms with Crippen LogP contribution in [0.15, 0.2) is 48.5 Å². The lowest BCUT2D eigenvalue weighted by atomic mass is 10.0. The van der Waals surface area contributed by atoms with E-state index >= 15 is 0 Å². The van der Waals surface area contributed by atoms with Gasteiger partial charge in [0.25, 0.3) is 0 Å². The van der Waals surface area contributed by atoms with E-state index in [9.17, 15) is 0 Å². The number of likely N-dealkylation sites (tertiary alicyclic amines) is 1. The fourth-order valence-corrected chi connectivity index (χ4v) is 3.19. The van der Waals surface area contributed by atoms with Crippen LogP contribution in [0.25, 0.3) is 0 Å². The number of rotatable bonds is 1. The molecule has 0 amide bonds. The maximum atomic E-state index is 2.54. The smallest absolute Gasteiger partial charge is 0.000691 e. The number of nitrogens with zero attached hydrogens (tertiary/aromatic N) is 1. The van der Waals surface area contributed by atoms with Gasteiger partial charge in [0.2, 0.25) is 0 Å². The Bertz CT molecular complexity index is 525. The lowest BCUT2D eigenvalue weighted by Crippen LogP contribution is -2.33. The Morgan fingerprint density at radius 3 is 1.44 bits per heavy atom. The van der Waals surface area contributed by atoms with Gasteiger partial charge in [-0.3, -0.25) is 0 Å². The summed E-state index contributed by atoms with van der Waals surface area (Å²) in [6, 6.07) is 16.9. The molecule has 1 heteroatoms. The van der Waals surface area contributed by atoms with Crippen LogP contribution in [0.2, 0.25) is 0 Å². The van der Waals surface area contributed by atoms with Gasteiger partial charge in [-0.25, -0.2) is 0 Å². The molecule has 1 saturated heterocycles. The van der Waals surface area contributed by atoms with E-state index in [0.29, 0.717) is 0 Å². The Morgan fingerprint density at radius 2 is 1.22 bits per heavy atom. The Hall–Kier alpha value is -1.60. The first-order valence-electron chi connectivity index (χ1n) is 10.7. The van der Waals surface area contributed by atoms with Crippen LogP contribution in [-0.4, -0.2) is 24.5 Å². The fraction of sp³-hybridized carbons (Fsp3) is 0.538. The molecular weight excluding hydrogens is 326 g/mol. The van der Waals surface area contributed by atoms with Gasteiger partial charge in [0.05, 0.1) is 0 Å². The van der Waals surface area contributed by atoms with Crippen molar-refractivity contribution in [2.24, 2.45) is 5.92 Å². The Kier molecular flexibility index (Phi) is 14.5. The summed E-state index contributed by atoms with van der Waals surface area (Å²) >= 11 is 0. The molecule has 1 heterocycles. The highest BCUT2D eigenvalue weighted by molar-refractivity contribution is 5.21. The second-order valence-electron chi connectivity index (χ2n) is 7.46. The molecule has 0 radical (unpaired) electrons. The first kappa shape index (κ1) is 25.4. The van der Waals surface area contributed by atoms with Crippen LogP contribution in [0, 0.1) is 33.6 Å². The van der Waals surface area contributed by atoms with Gasteiger partial charge in [0.1, 0.15) is 0 Å². The van der Waals surface area contributed by atoms with Gasteiger partial charge in [0, 0.05) is 6.54 Å². The summed E-state index contributed by atoms with van der Waals surface area (Å²) in [5.41, 5.74) is 5.35. The summed E-state index contributed by atoms with van der Waals surface area (Å²) in [6.07, 6.45) is 2.85. The monoisotopic (exact) mass is 369 g/mol. The van der Waals surface area contributed by atoms with Gasteiger partial charge in [-0.05, 0) is 59.5 Å². The maximum absolute atomic E-state index is 2.54. The van der Waals surface area contributed by atoms with E-state index in [0.717, 1.165) is 5.92 Å². The minimum atomic E-state index is 0.943. The zero-order valence-electron chi connectivity index (χ0n) is 19.2. The van der Waals surface area contributed by atoms with Crippen molar-refractivity contribution in [3.8, 4) is 0 Å². The van der Waals surface area contributed by atoms with E-state index < -0.39 is 0 Å². The lowest BCUT2D eigenvalue weighted by molar-refractivity contribution is 0.192. The number of hydrogen-bond acceptors (Lipinski definition) is 1. The summed E-state index contributed by atoms with van der Waals surface area (Å²) in [7, 11) is 0. The third kappa shape index (κ3) is 13.2. The van der Waals surface area contributed by atoms with Crippen LogP contribution in [0.4, 0.5) is 0 Å². The molecule has 2 aromatic carbocycles. The molecule has 2 aromatic rings. The van der Waals surface area contributed by atoms with Crippen LogP contribution >= 0.6 is 0 Å². The van der Waals surface area contributed by atoms with Crippen molar-refractivity contribution in [1.29, 1.82) is 0 Å². The second-order valence-corrected chi connectivity index (χ2v) is 7.46. The normalized spacial score (nSPS) is 15.9. The molecule has 152 valence electrons. The summed E-state index contributed by atoms with van der Waals surface area (Å²) in [5, 5.41) is 0. The van der Waals surface area contributed by atoms with E-state index in [2.05, 4.69) is 95.0 Å². The van der Waals surface area contributed by atoms with E-state index in [1.807, 2.05) is 13.8 Å². The zero-order valence-corrected chi connectivity index (χ0v) is 19.2. The number of hydrogen-bond donors (Lipinski definition) is 0. The molecule has 3 rings (SSSR count). The summed E-state index contributed by atoms with van der Waals surface area (Å²) in [6.45, 7) is 20.9. The Morgan fingerprint density at radius 1 is 0.815 bits per heavy atom. The van der Waals surface area contributed by atoms with Gasteiger partial charge >= 0.3 is 0 Å². The molecule has 1 nitrogen and oxygen atoms in total. The van der Waals surface area contributed by atoms with Gasteiger partial charge in [-0.2, -0.15) is 0 Å². The summed E-state index contributed by atoms with van der Waals surface area (Å²) < 4.78 is 0. The van der Waals surface area contributed by atoms with Crippen molar-refractivity contribution in [1.82, 2.24) is 4.90 Å². The first-order valence-corrected chi connectivity index (χ1v) is 10.7. The molecule has 0 spiro atoms. The average molecular weight is 370 g/mol. The van der Waals surface area contributed by atoms with Crippen molar-refractivity contribution in [3.63, 3.8) is 0 Å². The molecule has 27 heavy (non-hydrogen) atoms. The standard InChI is InChI=1S/C8H17N.2C8H10.C2H6/c1-3-9-6-4-5-8(2)7-9;2*1-7-4-3-5-8(2)6-7;1-2/h8H,3-7H2,1-2H3;2*3-6H,1-2H3;1-2H3. The average Bonchev–Trinajstić information content (AvgIpc) is 2.64. The van der Waals surface area contributed by atoms with Crippen LogP contribution < -0.4 is 0 Å². The predicted molar refractivity (Wildman–Crippen MR) is 124 cm³/mol. The zero-order chi connectivity index (χ0) is 20.7. The van der Waals surface area contributed by atoms with Gasteiger partial charge in [0.15, 0.2) is 0 Å². The van der Waals surface area contributed by atoms with Crippen molar-refractivity contribution in [2.45, 2.75) is 68.2 Å². The second kappa shape index (κ2) is 15.5. The number of piperidine rings is 1. The topological polar surface area (TPSA) is 3.24 Å². The third-order valence-corrected chi connectivity index (χ3v) is 4.54. The molecule has 0 aliphatic carbocycles. The van der Waals surface area contributed by atoms with Crippen molar-refractivity contribution in [3.05, 3.63) is 70.8 Å². The Labute approximate surface area is 169 Å². The molecule has 0 saturated carbocycles. The Balaban J connectivity index is 0.000000359. The first-order chi connectivity index (χ1) is 12.9. The summed E-state index contributed by atoms with van der Waals surface area (Å²) in [4.78, 5) is 2.54. The number of benzene rings is 2. The molecular formula is C26H43N. The van der Waals surface area contributed by atoms with Gasteiger partial charge in [-0.1, -0.05) is 98.5 Å². The summed E-state index contributed by atoms with van der Waals surface area (Å²) in [5.74, 6) is 0.943. The van der Waals surface area contributed by atoms with E-state index in [1.165, 1.54) is 54.7 Å². The quantitative estimate of drug-likeness (QED) is 0.507. The molecule has 1 aliphatic rings. The molecule has 1 aliphatic heterocycles. The van der Waals surface area contributed by atoms with Crippen molar-refractivity contribution < 1.29 is 0 Å². The highest BCUT2D eigenvalue weighted by Crippen LogP contribution is 2.14.